The topological polar surface area (TPSA) is 57.6 Å². The molecule has 1 fully saturated rings. The molecule has 1 saturated heterocycles. The van der Waals surface area contributed by atoms with Gasteiger partial charge >= 0.3 is 5.97 Å². The van der Waals surface area contributed by atoms with E-state index in [-0.39, 0.29) is 30.5 Å². The van der Waals surface area contributed by atoms with Gasteiger partial charge in [0, 0.05) is 12.5 Å². The minimum Gasteiger partial charge on any atom is -0.481 e. The number of Topliss-reactive ketones (excluding diaryl/α,β-unsaturated/α-hetero) is 1. The molecule has 1 aromatic carbocycles. The van der Waals surface area contributed by atoms with Crippen molar-refractivity contribution in [2.24, 2.45) is 5.92 Å². The fourth-order valence-corrected chi connectivity index (χ4v) is 2.33. The van der Waals surface area contributed by atoms with Crippen LogP contribution in [0.15, 0.2) is 30.3 Å². The van der Waals surface area contributed by atoms with Gasteiger partial charge in [0.05, 0.1) is 13.0 Å². The van der Waals surface area contributed by atoms with Gasteiger partial charge in [0.1, 0.15) is 0 Å². The molecule has 0 aliphatic carbocycles. The SMILES string of the molecule is Cl.O=C(O)CC1CCN(Cc2ccccc2)CC1=O. The summed E-state index contributed by atoms with van der Waals surface area (Å²) in [5.74, 6) is -1.13. The van der Waals surface area contributed by atoms with Crippen molar-refractivity contribution < 1.29 is 14.7 Å². The van der Waals surface area contributed by atoms with E-state index < -0.39 is 5.97 Å². The van der Waals surface area contributed by atoms with E-state index in [0.717, 1.165) is 13.1 Å². The van der Waals surface area contributed by atoms with Crippen molar-refractivity contribution in [3.63, 3.8) is 0 Å². The Balaban J connectivity index is 0.00000180. The number of likely N-dealkylation sites (tertiary alicyclic amines) is 1. The fraction of sp³-hybridized carbons (Fsp3) is 0.429. The van der Waals surface area contributed by atoms with Gasteiger partial charge in [-0.3, -0.25) is 14.5 Å². The Morgan fingerprint density at radius 2 is 2.00 bits per heavy atom. The second-order valence-corrected chi connectivity index (χ2v) is 4.75. The average molecular weight is 284 g/mol. The molecule has 5 heteroatoms. The van der Waals surface area contributed by atoms with Crippen LogP contribution in [-0.2, 0) is 16.1 Å². The fourth-order valence-electron chi connectivity index (χ4n) is 2.33. The zero-order valence-corrected chi connectivity index (χ0v) is 11.4. The number of carboxylic acids is 1. The lowest BCUT2D eigenvalue weighted by atomic mass is 9.92. The molecule has 1 aromatic rings. The monoisotopic (exact) mass is 283 g/mol. The molecule has 0 amide bonds. The summed E-state index contributed by atoms with van der Waals surface area (Å²) < 4.78 is 0. The second-order valence-electron chi connectivity index (χ2n) is 4.75. The van der Waals surface area contributed by atoms with Gasteiger partial charge in [-0.05, 0) is 18.5 Å². The molecule has 1 aliphatic rings. The van der Waals surface area contributed by atoms with E-state index in [4.69, 9.17) is 5.11 Å². The van der Waals surface area contributed by atoms with Gasteiger partial charge in [-0.15, -0.1) is 12.4 Å². The quantitative estimate of drug-likeness (QED) is 0.918. The van der Waals surface area contributed by atoms with E-state index in [1.54, 1.807) is 0 Å². The van der Waals surface area contributed by atoms with E-state index in [1.165, 1.54) is 5.56 Å². The lowest BCUT2D eigenvalue weighted by molar-refractivity contribution is -0.142. The Hall–Kier alpha value is -1.39. The molecule has 0 saturated carbocycles. The summed E-state index contributed by atoms with van der Waals surface area (Å²) in [6, 6.07) is 10.00. The minimum absolute atomic E-state index is 0. The molecule has 1 aliphatic heterocycles. The summed E-state index contributed by atoms with van der Waals surface area (Å²) in [5.41, 5.74) is 1.18. The van der Waals surface area contributed by atoms with Gasteiger partial charge in [0.15, 0.2) is 5.78 Å². The maximum atomic E-state index is 11.8. The molecule has 2 rings (SSSR count). The predicted molar refractivity (Wildman–Crippen MR) is 74.3 cm³/mol. The molecule has 19 heavy (non-hydrogen) atoms. The number of nitrogens with zero attached hydrogens (tertiary/aromatic N) is 1. The highest BCUT2D eigenvalue weighted by molar-refractivity contribution is 5.87. The van der Waals surface area contributed by atoms with E-state index in [2.05, 4.69) is 4.90 Å². The molecule has 1 unspecified atom stereocenters. The molecule has 0 spiro atoms. The predicted octanol–water partition coefficient (Wildman–Crippen LogP) is 1.97. The van der Waals surface area contributed by atoms with E-state index in [9.17, 15) is 9.59 Å². The first-order valence-corrected chi connectivity index (χ1v) is 6.16. The molecule has 1 atom stereocenters. The Bertz CT molecular complexity index is 436. The number of carboxylic acid groups (broad SMARTS) is 1. The highest BCUT2D eigenvalue weighted by atomic mass is 35.5. The molecule has 0 bridgehead atoms. The normalized spacial score (nSPS) is 19.8. The summed E-state index contributed by atoms with van der Waals surface area (Å²) in [6.45, 7) is 1.91. The van der Waals surface area contributed by atoms with Crippen LogP contribution >= 0.6 is 12.4 Å². The molecule has 104 valence electrons. The first-order chi connectivity index (χ1) is 8.65. The van der Waals surface area contributed by atoms with Crippen LogP contribution in [0.5, 0.6) is 0 Å². The highest BCUT2D eigenvalue weighted by Gasteiger charge is 2.28. The smallest absolute Gasteiger partial charge is 0.304 e. The van der Waals surface area contributed by atoms with Crippen LogP contribution in [0.4, 0.5) is 0 Å². The number of ketones is 1. The van der Waals surface area contributed by atoms with Gasteiger partial charge in [-0.2, -0.15) is 0 Å². The first-order valence-electron chi connectivity index (χ1n) is 6.16. The molecule has 0 aromatic heterocycles. The Morgan fingerprint density at radius 3 is 2.58 bits per heavy atom. The number of rotatable bonds is 4. The van der Waals surface area contributed by atoms with E-state index in [0.29, 0.717) is 13.0 Å². The summed E-state index contributed by atoms with van der Waals surface area (Å²) >= 11 is 0. The lowest BCUT2D eigenvalue weighted by Crippen LogP contribution is -2.41. The molecular weight excluding hydrogens is 266 g/mol. The van der Waals surface area contributed by atoms with Gasteiger partial charge in [-0.25, -0.2) is 0 Å². The lowest BCUT2D eigenvalue weighted by Gasteiger charge is -2.30. The molecule has 0 radical (unpaired) electrons. The third-order valence-electron chi connectivity index (χ3n) is 3.30. The number of aliphatic carboxylic acids is 1. The number of hydrogen-bond donors (Lipinski definition) is 1. The first kappa shape index (κ1) is 15.7. The number of carbonyl (C=O) groups is 2. The van der Waals surface area contributed by atoms with Crippen molar-refractivity contribution in [3.05, 3.63) is 35.9 Å². The number of halogens is 1. The third-order valence-corrected chi connectivity index (χ3v) is 3.30. The Labute approximate surface area is 118 Å². The summed E-state index contributed by atoms with van der Waals surface area (Å²) in [7, 11) is 0. The summed E-state index contributed by atoms with van der Waals surface area (Å²) in [4.78, 5) is 24.5. The zero-order valence-electron chi connectivity index (χ0n) is 10.6. The van der Waals surface area contributed by atoms with Gasteiger partial charge in [0.2, 0.25) is 0 Å². The second kappa shape index (κ2) is 7.26. The van der Waals surface area contributed by atoms with Crippen LogP contribution in [0, 0.1) is 5.92 Å². The van der Waals surface area contributed by atoms with Crippen molar-refractivity contribution in [2.45, 2.75) is 19.4 Å². The van der Waals surface area contributed by atoms with Gasteiger partial charge in [-0.1, -0.05) is 30.3 Å². The maximum Gasteiger partial charge on any atom is 0.304 e. The van der Waals surface area contributed by atoms with Crippen LogP contribution < -0.4 is 0 Å². The average Bonchev–Trinajstić information content (AvgIpc) is 2.33. The van der Waals surface area contributed by atoms with Crippen molar-refractivity contribution in [2.75, 3.05) is 13.1 Å². The molecule has 4 nitrogen and oxygen atoms in total. The van der Waals surface area contributed by atoms with Crippen molar-refractivity contribution in [1.29, 1.82) is 0 Å². The van der Waals surface area contributed by atoms with Crippen LogP contribution in [-0.4, -0.2) is 34.8 Å². The minimum atomic E-state index is -0.884. The number of carbonyl (C=O) groups excluding carboxylic acids is 1. The number of hydrogen-bond acceptors (Lipinski definition) is 3. The largest absolute Gasteiger partial charge is 0.481 e. The number of piperidine rings is 1. The van der Waals surface area contributed by atoms with Crippen LogP contribution in [0.25, 0.3) is 0 Å². The zero-order chi connectivity index (χ0) is 13.0. The van der Waals surface area contributed by atoms with Crippen molar-refractivity contribution >= 4 is 24.2 Å². The standard InChI is InChI=1S/C14H17NO3.ClH/c16-13-10-15(7-6-12(13)8-14(17)18)9-11-4-2-1-3-5-11;/h1-5,12H,6-10H2,(H,17,18);1H. The van der Waals surface area contributed by atoms with E-state index in [1.807, 2.05) is 30.3 Å². The van der Waals surface area contributed by atoms with Crippen molar-refractivity contribution in [1.82, 2.24) is 4.90 Å². The summed E-state index contributed by atoms with van der Waals surface area (Å²) in [6.07, 6.45) is 0.621. The van der Waals surface area contributed by atoms with Crippen molar-refractivity contribution in [3.8, 4) is 0 Å². The summed E-state index contributed by atoms with van der Waals surface area (Å²) in [5, 5.41) is 8.72. The Kier molecular flexibility index (Phi) is 5.99. The highest BCUT2D eigenvalue weighted by Crippen LogP contribution is 2.19. The molecule has 1 heterocycles. The van der Waals surface area contributed by atoms with E-state index >= 15 is 0 Å². The number of benzene rings is 1. The van der Waals surface area contributed by atoms with Gasteiger partial charge < -0.3 is 5.11 Å². The Morgan fingerprint density at radius 1 is 1.32 bits per heavy atom. The molecular formula is C14H18ClNO3. The van der Waals surface area contributed by atoms with Gasteiger partial charge in [0.25, 0.3) is 0 Å². The molecule has 1 N–H and O–H groups in total. The van der Waals surface area contributed by atoms with Crippen LogP contribution in [0.2, 0.25) is 0 Å². The van der Waals surface area contributed by atoms with Crippen LogP contribution in [0.3, 0.4) is 0 Å². The van der Waals surface area contributed by atoms with Crippen LogP contribution in [0.1, 0.15) is 18.4 Å². The third kappa shape index (κ3) is 4.65. The maximum absolute atomic E-state index is 11.8.